The van der Waals surface area contributed by atoms with Crippen LogP contribution >= 0.6 is 0 Å². The molecule has 0 heterocycles. The molecule has 0 saturated heterocycles. The van der Waals surface area contributed by atoms with Gasteiger partial charge in [-0.3, -0.25) is 4.79 Å². The summed E-state index contributed by atoms with van der Waals surface area (Å²) in [6.45, 7) is 1.71. The summed E-state index contributed by atoms with van der Waals surface area (Å²) in [4.78, 5) is 11.7. The molecule has 0 radical (unpaired) electrons. The number of nitriles is 1. The van der Waals surface area contributed by atoms with Crippen molar-refractivity contribution in [2.45, 2.75) is 25.3 Å². The molecule has 1 unspecified atom stereocenters. The second-order valence-corrected chi connectivity index (χ2v) is 4.74. The first-order valence-electron chi connectivity index (χ1n) is 6.04. The Bertz CT molecular complexity index is 462. The highest BCUT2D eigenvalue weighted by Crippen LogP contribution is 2.39. The maximum atomic E-state index is 11.7. The number of carbonyl (C=O) groups is 1. The Hall–Kier alpha value is -2.02. The quantitative estimate of drug-likeness (QED) is 0.860. The van der Waals surface area contributed by atoms with Crippen molar-refractivity contribution in [1.29, 1.82) is 5.26 Å². The molecule has 0 spiro atoms. The number of rotatable bonds is 5. The molecule has 1 aromatic rings. The van der Waals surface area contributed by atoms with Crippen molar-refractivity contribution in [3.8, 4) is 11.8 Å². The van der Waals surface area contributed by atoms with Gasteiger partial charge in [-0.2, -0.15) is 5.26 Å². The molecule has 0 bridgehead atoms. The number of ether oxygens (including phenoxy) is 1. The molecule has 1 amide bonds. The average Bonchev–Trinajstić information content (AvgIpc) is 3.22. The highest BCUT2D eigenvalue weighted by Gasteiger charge is 2.43. The molecule has 0 aromatic heterocycles. The predicted octanol–water partition coefficient (Wildman–Crippen LogP) is 1.87. The third-order valence-electron chi connectivity index (χ3n) is 3.14. The van der Waals surface area contributed by atoms with Gasteiger partial charge in [0.2, 0.25) is 0 Å². The van der Waals surface area contributed by atoms with Gasteiger partial charge in [-0.05, 0) is 37.8 Å². The summed E-state index contributed by atoms with van der Waals surface area (Å²) in [6, 6.07) is 11.3. The third kappa shape index (κ3) is 3.01. The van der Waals surface area contributed by atoms with E-state index >= 15 is 0 Å². The molecule has 1 atom stereocenters. The van der Waals surface area contributed by atoms with Gasteiger partial charge >= 0.3 is 0 Å². The van der Waals surface area contributed by atoms with E-state index in [1.807, 2.05) is 18.2 Å². The Morgan fingerprint density at radius 3 is 2.72 bits per heavy atom. The lowest BCUT2D eigenvalue weighted by atomic mass is 9.98. The van der Waals surface area contributed by atoms with E-state index in [1.165, 1.54) is 0 Å². The number of amides is 1. The summed E-state index contributed by atoms with van der Waals surface area (Å²) >= 11 is 0. The average molecular weight is 244 g/mol. The zero-order valence-electron chi connectivity index (χ0n) is 10.3. The molecule has 4 heteroatoms. The lowest BCUT2D eigenvalue weighted by Crippen LogP contribution is -2.48. The minimum atomic E-state index is -0.753. The molecular weight excluding hydrogens is 228 g/mol. The number of carbonyl (C=O) groups excluding carboxylic acids is 1. The van der Waals surface area contributed by atoms with Gasteiger partial charge in [0.1, 0.15) is 11.3 Å². The van der Waals surface area contributed by atoms with E-state index in [2.05, 4.69) is 11.4 Å². The van der Waals surface area contributed by atoms with Gasteiger partial charge < -0.3 is 10.1 Å². The number of hydrogen-bond donors (Lipinski definition) is 1. The summed E-state index contributed by atoms with van der Waals surface area (Å²) in [7, 11) is 0. The molecular formula is C14H16N2O2. The van der Waals surface area contributed by atoms with Crippen LogP contribution in [0.3, 0.4) is 0 Å². The first kappa shape index (κ1) is 12.4. The molecule has 1 aromatic carbocycles. The van der Waals surface area contributed by atoms with Gasteiger partial charge in [0.05, 0.1) is 6.07 Å². The van der Waals surface area contributed by atoms with Gasteiger partial charge in [-0.1, -0.05) is 18.2 Å². The predicted molar refractivity (Wildman–Crippen MR) is 66.8 cm³/mol. The van der Waals surface area contributed by atoms with Crippen molar-refractivity contribution in [3.05, 3.63) is 30.3 Å². The monoisotopic (exact) mass is 244 g/mol. The smallest absolute Gasteiger partial charge is 0.259 e. The van der Waals surface area contributed by atoms with Crippen LogP contribution in [0, 0.1) is 17.2 Å². The number of hydrogen-bond acceptors (Lipinski definition) is 3. The Balaban J connectivity index is 1.84. The topological polar surface area (TPSA) is 62.1 Å². The highest BCUT2D eigenvalue weighted by atomic mass is 16.5. The maximum absolute atomic E-state index is 11.7. The molecule has 2 rings (SSSR count). The largest absolute Gasteiger partial charge is 0.484 e. The van der Waals surface area contributed by atoms with Crippen LogP contribution < -0.4 is 10.1 Å². The van der Waals surface area contributed by atoms with E-state index in [1.54, 1.807) is 19.1 Å². The Labute approximate surface area is 107 Å². The van der Waals surface area contributed by atoms with Crippen LogP contribution in [0.1, 0.15) is 19.8 Å². The van der Waals surface area contributed by atoms with E-state index in [0.717, 1.165) is 12.8 Å². The Morgan fingerprint density at radius 1 is 1.50 bits per heavy atom. The van der Waals surface area contributed by atoms with Crippen LogP contribution in [0.2, 0.25) is 0 Å². The summed E-state index contributed by atoms with van der Waals surface area (Å²) in [5, 5.41) is 11.9. The van der Waals surface area contributed by atoms with Crippen molar-refractivity contribution in [1.82, 2.24) is 5.32 Å². The number of nitrogens with one attached hydrogen (secondary N) is 1. The van der Waals surface area contributed by atoms with Gasteiger partial charge in [-0.15, -0.1) is 0 Å². The summed E-state index contributed by atoms with van der Waals surface area (Å²) < 4.78 is 5.34. The van der Waals surface area contributed by atoms with Crippen LogP contribution in [-0.4, -0.2) is 18.1 Å². The lowest BCUT2D eigenvalue weighted by molar-refractivity contribution is -0.124. The Morgan fingerprint density at radius 2 is 2.17 bits per heavy atom. The van der Waals surface area contributed by atoms with Crippen molar-refractivity contribution in [2.24, 2.45) is 5.92 Å². The number of benzene rings is 1. The second kappa shape index (κ2) is 5.09. The number of para-hydroxylation sites is 1. The standard InChI is InChI=1S/C14H16N2O2/c1-14(10-15,11-7-8-11)16-13(17)9-18-12-5-3-2-4-6-12/h2-6,11H,7-9H2,1H3,(H,16,17). The van der Waals surface area contributed by atoms with Gasteiger partial charge in [0.25, 0.3) is 5.91 Å². The summed E-state index contributed by atoms with van der Waals surface area (Å²) in [5.41, 5.74) is -0.753. The van der Waals surface area contributed by atoms with Crippen molar-refractivity contribution >= 4 is 5.91 Å². The third-order valence-corrected chi connectivity index (χ3v) is 3.14. The van der Waals surface area contributed by atoms with E-state index in [0.29, 0.717) is 5.75 Å². The van der Waals surface area contributed by atoms with Crippen molar-refractivity contribution < 1.29 is 9.53 Å². The molecule has 18 heavy (non-hydrogen) atoms. The zero-order valence-corrected chi connectivity index (χ0v) is 10.3. The normalized spacial score (nSPS) is 17.3. The van der Waals surface area contributed by atoms with Crippen LogP contribution in [0.5, 0.6) is 5.75 Å². The SMILES string of the molecule is CC(C#N)(NC(=O)COc1ccccc1)C1CC1. The van der Waals surface area contributed by atoms with Gasteiger partial charge in [-0.25, -0.2) is 0 Å². The van der Waals surface area contributed by atoms with E-state index in [4.69, 9.17) is 10.00 Å². The molecule has 4 nitrogen and oxygen atoms in total. The second-order valence-electron chi connectivity index (χ2n) is 4.74. The van der Waals surface area contributed by atoms with Crippen molar-refractivity contribution in [2.75, 3.05) is 6.61 Å². The van der Waals surface area contributed by atoms with E-state index in [9.17, 15) is 4.79 Å². The molecule has 1 aliphatic rings. The zero-order chi connectivity index (χ0) is 13.0. The van der Waals surface area contributed by atoms with E-state index < -0.39 is 5.54 Å². The van der Waals surface area contributed by atoms with Crippen LogP contribution in [0.25, 0.3) is 0 Å². The lowest BCUT2D eigenvalue weighted by Gasteiger charge is -2.22. The molecule has 94 valence electrons. The molecule has 0 aliphatic heterocycles. The molecule has 1 N–H and O–H groups in total. The summed E-state index contributed by atoms with van der Waals surface area (Å²) in [6.07, 6.45) is 2.01. The first-order valence-corrected chi connectivity index (χ1v) is 6.04. The van der Waals surface area contributed by atoms with E-state index in [-0.39, 0.29) is 18.4 Å². The van der Waals surface area contributed by atoms with Gasteiger partial charge in [0, 0.05) is 0 Å². The number of nitrogens with zero attached hydrogens (tertiary/aromatic N) is 1. The maximum Gasteiger partial charge on any atom is 0.259 e. The first-order chi connectivity index (χ1) is 8.64. The van der Waals surface area contributed by atoms with Crippen LogP contribution in [-0.2, 0) is 4.79 Å². The summed E-state index contributed by atoms with van der Waals surface area (Å²) in [5.74, 6) is 0.677. The van der Waals surface area contributed by atoms with Crippen LogP contribution in [0.15, 0.2) is 30.3 Å². The fourth-order valence-electron chi connectivity index (χ4n) is 1.87. The molecule has 1 saturated carbocycles. The van der Waals surface area contributed by atoms with Crippen LogP contribution in [0.4, 0.5) is 0 Å². The minimum Gasteiger partial charge on any atom is -0.484 e. The molecule has 1 aliphatic carbocycles. The van der Waals surface area contributed by atoms with Crippen molar-refractivity contribution in [3.63, 3.8) is 0 Å². The van der Waals surface area contributed by atoms with Gasteiger partial charge in [0.15, 0.2) is 6.61 Å². The fourth-order valence-corrected chi connectivity index (χ4v) is 1.87. The highest BCUT2D eigenvalue weighted by molar-refractivity contribution is 5.79. The Kier molecular flexibility index (Phi) is 3.52. The fraction of sp³-hybridized carbons (Fsp3) is 0.429. The minimum absolute atomic E-state index is 0.0615. The molecule has 1 fully saturated rings.